The first-order valence-electron chi connectivity index (χ1n) is 9.65. The molecule has 0 radical (unpaired) electrons. The molecule has 3 nitrogen and oxygen atoms in total. The van der Waals surface area contributed by atoms with Crippen molar-refractivity contribution < 1.29 is 17.9 Å². The van der Waals surface area contributed by atoms with Crippen LogP contribution in [0.5, 0.6) is 0 Å². The first kappa shape index (κ1) is 20.4. The molecule has 1 atom stereocenters. The first-order valence-corrected chi connectivity index (χ1v) is 9.65. The Morgan fingerprint density at radius 1 is 1.07 bits per heavy atom. The van der Waals surface area contributed by atoms with Gasteiger partial charge in [-0.25, -0.2) is 4.98 Å². The van der Waals surface area contributed by atoms with E-state index in [9.17, 15) is 13.2 Å². The van der Waals surface area contributed by atoms with E-state index in [1.165, 1.54) is 6.07 Å². The van der Waals surface area contributed by atoms with Gasteiger partial charge in [0.15, 0.2) is 0 Å². The summed E-state index contributed by atoms with van der Waals surface area (Å²) < 4.78 is 46.9. The molecule has 0 bridgehead atoms. The van der Waals surface area contributed by atoms with Crippen molar-refractivity contribution in [3.63, 3.8) is 0 Å². The van der Waals surface area contributed by atoms with E-state index in [2.05, 4.69) is 16.5 Å². The molecule has 28 heavy (non-hydrogen) atoms. The van der Waals surface area contributed by atoms with Gasteiger partial charge in [-0.2, -0.15) is 13.2 Å². The van der Waals surface area contributed by atoms with Gasteiger partial charge in [0.25, 0.3) is 0 Å². The Hall–Kier alpha value is -2.34. The van der Waals surface area contributed by atoms with Crippen LogP contribution in [0, 0.1) is 0 Å². The van der Waals surface area contributed by atoms with E-state index < -0.39 is 11.7 Å². The summed E-state index contributed by atoms with van der Waals surface area (Å²) in [6.07, 6.45) is -2.79. The van der Waals surface area contributed by atoms with E-state index in [0.717, 1.165) is 41.9 Å². The second kappa shape index (κ2) is 8.78. The van der Waals surface area contributed by atoms with Crippen molar-refractivity contribution in [2.45, 2.75) is 45.3 Å². The predicted octanol–water partition coefficient (Wildman–Crippen LogP) is 6.02. The van der Waals surface area contributed by atoms with Gasteiger partial charge in [0.05, 0.1) is 16.6 Å². The second-order valence-corrected chi connectivity index (χ2v) is 6.74. The standard InChI is InChI=1S/C22H25F3N2O/c1-3-18(16-9-6-5-7-10-16)21-26-19-15-17(22(23,24)25)11-12-20(19)27(21)13-8-14-28-4-2/h5-7,9-12,15,18H,3-4,8,13-14H2,1-2H3. The minimum Gasteiger partial charge on any atom is -0.382 e. The van der Waals surface area contributed by atoms with Crippen LogP contribution in [0.25, 0.3) is 11.0 Å². The van der Waals surface area contributed by atoms with E-state index in [1.807, 2.05) is 37.3 Å². The van der Waals surface area contributed by atoms with Gasteiger partial charge in [0, 0.05) is 25.7 Å². The molecule has 0 aliphatic carbocycles. The molecule has 0 fully saturated rings. The Kier molecular flexibility index (Phi) is 6.39. The summed E-state index contributed by atoms with van der Waals surface area (Å²) in [5.74, 6) is 0.828. The van der Waals surface area contributed by atoms with Gasteiger partial charge in [-0.3, -0.25) is 0 Å². The largest absolute Gasteiger partial charge is 0.416 e. The number of fused-ring (bicyclic) bond motifs is 1. The molecule has 1 unspecified atom stereocenters. The molecular weight excluding hydrogens is 365 g/mol. The highest BCUT2D eigenvalue weighted by Gasteiger charge is 2.31. The number of benzene rings is 2. The van der Waals surface area contributed by atoms with Crippen LogP contribution < -0.4 is 0 Å². The SMILES string of the molecule is CCOCCCn1c(C(CC)c2ccccc2)nc2cc(C(F)(F)F)ccc21. The van der Waals surface area contributed by atoms with Crippen molar-refractivity contribution >= 4 is 11.0 Å². The van der Waals surface area contributed by atoms with Crippen molar-refractivity contribution in [3.8, 4) is 0 Å². The number of nitrogens with zero attached hydrogens (tertiary/aromatic N) is 2. The molecule has 0 N–H and O–H groups in total. The fraction of sp³-hybridized carbons (Fsp3) is 0.409. The van der Waals surface area contributed by atoms with E-state index >= 15 is 0 Å². The van der Waals surface area contributed by atoms with Gasteiger partial charge >= 0.3 is 6.18 Å². The molecule has 0 aliphatic rings. The molecule has 0 saturated carbocycles. The fourth-order valence-corrected chi connectivity index (χ4v) is 3.55. The zero-order chi connectivity index (χ0) is 20.1. The Labute approximate surface area is 163 Å². The number of hydrogen-bond donors (Lipinski definition) is 0. The number of alkyl halides is 3. The number of hydrogen-bond acceptors (Lipinski definition) is 2. The number of halogens is 3. The summed E-state index contributed by atoms with van der Waals surface area (Å²) >= 11 is 0. The van der Waals surface area contributed by atoms with Crippen LogP contribution in [0.15, 0.2) is 48.5 Å². The fourth-order valence-electron chi connectivity index (χ4n) is 3.55. The van der Waals surface area contributed by atoms with Gasteiger partial charge in [0.1, 0.15) is 5.82 Å². The quantitative estimate of drug-likeness (QED) is 0.440. The molecule has 0 spiro atoms. The van der Waals surface area contributed by atoms with Crippen LogP contribution in [0.4, 0.5) is 13.2 Å². The monoisotopic (exact) mass is 390 g/mol. The van der Waals surface area contributed by atoms with Crippen LogP contribution in [-0.2, 0) is 17.5 Å². The van der Waals surface area contributed by atoms with Crippen molar-refractivity contribution in [2.24, 2.45) is 0 Å². The number of rotatable bonds is 8. The van der Waals surface area contributed by atoms with Gasteiger partial charge in [-0.15, -0.1) is 0 Å². The van der Waals surface area contributed by atoms with E-state index in [0.29, 0.717) is 25.3 Å². The molecule has 150 valence electrons. The first-order chi connectivity index (χ1) is 13.5. The topological polar surface area (TPSA) is 27.1 Å². The van der Waals surface area contributed by atoms with Crippen LogP contribution in [0.3, 0.4) is 0 Å². The summed E-state index contributed by atoms with van der Waals surface area (Å²) in [6.45, 7) is 5.93. The molecule has 0 amide bonds. The average Bonchev–Trinajstić information content (AvgIpc) is 3.03. The Morgan fingerprint density at radius 3 is 2.46 bits per heavy atom. The Bertz CT molecular complexity index is 903. The maximum Gasteiger partial charge on any atom is 0.416 e. The van der Waals surface area contributed by atoms with Crippen molar-refractivity contribution in [3.05, 3.63) is 65.5 Å². The zero-order valence-electron chi connectivity index (χ0n) is 16.2. The van der Waals surface area contributed by atoms with Crippen LogP contribution in [-0.4, -0.2) is 22.8 Å². The minimum absolute atomic E-state index is 0.0232. The molecular formula is C22H25F3N2O. The number of aryl methyl sites for hydroxylation is 1. The summed E-state index contributed by atoms with van der Waals surface area (Å²) in [6, 6.07) is 13.8. The van der Waals surface area contributed by atoms with E-state index in [1.54, 1.807) is 0 Å². The number of imidazole rings is 1. The normalized spacial score (nSPS) is 13.2. The molecule has 1 aromatic heterocycles. The minimum atomic E-state index is -4.38. The van der Waals surface area contributed by atoms with Crippen LogP contribution in [0.1, 0.15) is 49.6 Å². The number of aromatic nitrogens is 2. The lowest BCUT2D eigenvalue weighted by atomic mass is 9.95. The maximum atomic E-state index is 13.1. The summed E-state index contributed by atoms with van der Waals surface area (Å²) in [4.78, 5) is 4.66. The molecule has 2 aromatic carbocycles. The van der Waals surface area contributed by atoms with Crippen LogP contribution in [0.2, 0.25) is 0 Å². The highest BCUT2D eigenvalue weighted by atomic mass is 19.4. The van der Waals surface area contributed by atoms with Crippen molar-refractivity contribution in [1.82, 2.24) is 9.55 Å². The smallest absolute Gasteiger partial charge is 0.382 e. The maximum absolute atomic E-state index is 13.1. The average molecular weight is 390 g/mol. The Morgan fingerprint density at radius 2 is 1.82 bits per heavy atom. The van der Waals surface area contributed by atoms with E-state index in [-0.39, 0.29) is 5.92 Å². The molecule has 3 aromatic rings. The summed E-state index contributed by atoms with van der Waals surface area (Å²) in [7, 11) is 0. The van der Waals surface area contributed by atoms with E-state index in [4.69, 9.17) is 4.74 Å². The third-order valence-electron chi connectivity index (χ3n) is 4.90. The molecule has 0 saturated heterocycles. The molecule has 3 rings (SSSR count). The zero-order valence-corrected chi connectivity index (χ0v) is 16.2. The predicted molar refractivity (Wildman–Crippen MR) is 104 cm³/mol. The van der Waals surface area contributed by atoms with Crippen molar-refractivity contribution in [1.29, 1.82) is 0 Å². The van der Waals surface area contributed by atoms with Gasteiger partial charge in [0.2, 0.25) is 0 Å². The Balaban J connectivity index is 2.07. The highest BCUT2D eigenvalue weighted by Crippen LogP contribution is 2.34. The second-order valence-electron chi connectivity index (χ2n) is 6.74. The van der Waals surface area contributed by atoms with Gasteiger partial charge in [-0.05, 0) is 43.5 Å². The highest BCUT2D eigenvalue weighted by molar-refractivity contribution is 5.77. The molecule has 6 heteroatoms. The van der Waals surface area contributed by atoms with Gasteiger partial charge in [-0.1, -0.05) is 37.3 Å². The lowest BCUT2D eigenvalue weighted by Crippen LogP contribution is -2.11. The third kappa shape index (κ3) is 4.38. The van der Waals surface area contributed by atoms with Crippen LogP contribution >= 0.6 is 0 Å². The summed E-state index contributed by atoms with van der Waals surface area (Å²) in [5, 5.41) is 0. The lowest BCUT2D eigenvalue weighted by Gasteiger charge is -2.18. The third-order valence-corrected chi connectivity index (χ3v) is 4.90. The summed E-state index contributed by atoms with van der Waals surface area (Å²) in [5.41, 5.74) is 1.56. The lowest BCUT2D eigenvalue weighted by molar-refractivity contribution is -0.137. The molecule has 1 heterocycles. The molecule has 0 aliphatic heterocycles. The van der Waals surface area contributed by atoms with Crippen molar-refractivity contribution in [2.75, 3.05) is 13.2 Å². The number of ether oxygens (including phenoxy) is 1. The van der Waals surface area contributed by atoms with Gasteiger partial charge < -0.3 is 9.30 Å².